The van der Waals surface area contributed by atoms with Gasteiger partial charge in [-0.2, -0.15) is 0 Å². The van der Waals surface area contributed by atoms with Gasteiger partial charge >= 0.3 is 0 Å². The van der Waals surface area contributed by atoms with Crippen LogP contribution in [-0.2, 0) is 11.3 Å². The Bertz CT molecular complexity index is 354. The fourth-order valence-electron chi connectivity index (χ4n) is 2.03. The van der Waals surface area contributed by atoms with E-state index in [0.29, 0.717) is 13.2 Å². The lowest BCUT2D eigenvalue weighted by molar-refractivity contribution is 0.145. The first-order valence-corrected chi connectivity index (χ1v) is 7.44. The second-order valence-corrected chi connectivity index (χ2v) is 4.65. The third-order valence-corrected chi connectivity index (χ3v) is 3.33. The third-order valence-electron chi connectivity index (χ3n) is 3.33. The van der Waals surface area contributed by atoms with E-state index in [4.69, 9.17) is 9.47 Å². The number of rotatable bonds is 11. The van der Waals surface area contributed by atoms with Gasteiger partial charge in [0.05, 0.1) is 6.61 Å². The second kappa shape index (κ2) is 10.7. The Kier molecular flexibility index (Phi) is 9.04. The molecule has 0 aliphatic carbocycles. The lowest BCUT2D eigenvalue weighted by Gasteiger charge is -2.18. The Balaban J connectivity index is 2.35. The van der Waals surface area contributed by atoms with Gasteiger partial charge in [0, 0.05) is 32.3 Å². The molecular formula is C16H28N2O2. The fourth-order valence-corrected chi connectivity index (χ4v) is 2.03. The fraction of sp³-hybridized carbons (Fsp3) is 0.625. The van der Waals surface area contributed by atoms with Crippen LogP contribution in [-0.4, -0.2) is 51.4 Å². The summed E-state index contributed by atoms with van der Waals surface area (Å²) in [6.45, 7) is 10.7. The molecule has 0 heterocycles. The Labute approximate surface area is 123 Å². The minimum Gasteiger partial charge on any atom is -0.491 e. The maximum Gasteiger partial charge on any atom is 0.123 e. The van der Waals surface area contributed by atoms with Crippen LogP contribution in [0.25, 0.3) is 0 Å². The number of para-hydroxylation sites is 1. The molecule has 0 unspecified atom stereocenters. The number of benzene rings is 1. The Morgan fingerprint density at radius 2 is 1.85 bits per heavy atom. The average molecular weight is 280 g/mol. The van der Waals surface area contributed by atoms with Crippen LogP contribution in [0.1, 0.15) is 19.4 Å². The van der Waals surface area contributed by atoms with Gasteiger partial charge in [-0.15, -0.1) is 0 Å². The zero-order chi connectivity index (χ0) is 14.6. The first kappa shape index (κ1) is 17.0. The molecule has 0 bridgehead atoms. The highest BCUT2D eigenvalue weighted by molar-refractivity contribution is 5.33. The van der Waals surface area contributed by atoms with Crippen molar-refractivity contribution in [1.82, 2.24) is 10.2 Å². The van der Waals surface area contributed by atoms with Gasteiger partial charge in [-0.05, 0) is 19.2 Å². The number of nitrogens with zero attached hydrogens (tertiary/aromatic N) is 1. The van der Waals surface area contributed by atoms with E-state index in [1.54, 1.807) is 7.11 Å². The molecule has 0 aliphatic rings. The summed E-state index contributed by atoms with van der Waals surface area (Å²) in [5.74, 6) is 0.944. The van der Waals surface area contributed by atoms with Gasteiger partial charge in [0.25, 0.3) is 0 Å². The number of hydrogen-bond donors (Lipinski definition) is 1. The standard InChI is InChI=1S/C16H28N2O2/c1-4-18(5-2)11-10-17-14-15-8-6-7-9-16(15)20-13-12-19-3/h6-9,17H,4-5,10-14H2,1-3H3. The van der Waals surface area contributed by atoms with E-state index >= 15 is 0 Å². The van der Waals surface area contributed by atoms with Gasteiger partial charge in [-0.25, -0.2) is 0 Å². The maximum absolute atomic E-state index is 5.72. The highest BCUT2D eigenvalue weighted by atomic mass is 16.5. The highest BCUT2D eigenvalue weighted by Gasteiger charge is 2.03. The SMILES string of the molecule is CCN(CC)CCNCc1ccccc1OCCOC. The number of methoxy groups -OCH3 is 1. The Morgan fingerprint density at radius 3 is 2.55 bits per heavy atom. The first-order valence-electron chi connectivity index (χ1n) is 7.44. The molecule has 1 aromatic rings. The molecule has 0 spiro atoms. The molecule has 0 aromatic heterocycles. The highest BCUT2D eigenvalue weighted by Crippen LogP contribution is 2.17. The molecule has 0 fully saturated rings. The molecule has 4 nitrogen and oxygen atoms in total. The van der Waals surface area contributed by atoms with Crippen molar-refractivity contribution in [3.8, 4) is 5.75 Å². The van der Waals surface area contributed by atoms with Gasteiger partial charge in [0.15, 0.2) is 0 Å². The van der Waals surface area contributed by atoms with E-state index in [9.17, 15) is 0 Å². The molecular weight excluding hydrogens is 252 g/mol. The van der Waals surface area contributed by atoms with Crippen LogP contribution < -0.4 is 10.1 Å². The van der Waals surface area contributed by atoms with Crippen molar-refractivity contribution in [3.63, 3.8) is 0 Å². The largest absolute Gasteiger partial charge is 0.491 e. The monoisotopic (exact) mass is 280 g/mol. The smallest absolute Gasteiger partial charge is 0.123 e. The molecule has 20 heavy (non-hydrogen) atoms. The molecule has 0 amide bonds. The van der Waals surface area contributed by atoms with Gasteiger partial charge < -0.3 is 19.7 Å². The summed E-state index contributed by atoms with van der Waals surface area (Å²) in [6.07, 6.45) is 0. The van der Waals surface area contributed by atoms with E-state index < -0.39 is 0 Å². The summed E-state index contributed by atoms with van der Waals surface area (Å²) in [7, 11) is 1.68. The molecule has 0 saturated heterocycles. The molecule has 1 aromatic carbocycles. The third kappa shape index (κ3) is 6.37. The van der Waals surface area contributed by atoms with Crippen LogP contribution in [0, 0.1) is 0 Å². The zero-order valence-corrected chi connectivity index (χ0v) is 13.0. The molecule has 0 saturated carbocycles. The minimum atomic E-state index is 0.590. The topological polar surface area (TPSA) is 33.7 Å². The molecule has 1 N–H and O–H groups in total. The van der Waals surface area contributed by atoms with E-state index in [1.165, 1.54) is 5.56 Å². The van der Waals surface area contributed by atoms with Crippen LogP contribution in [0.5, 0.6) is 5.75 Å². The van der Waals surface area contributed by atoms with Crippen LogP contribution in [0.4, 0.5) is 0 Å². The van der Waals surface area contributed by atoms with Crippen molar-refractivity contribution < 1.29 is 9.47 Å². The normalized spacial score (nSPS) is 11.0. The van der Waals surface area contributed by atoms with E-state index in [-0.39, 0.29) is 0 Å². The number of hydrogen-bond acceptors (Lipinski definition) is 4. The summed E-state index contributed by atoms with van der Waals surface area (Å²) < 4.78 is 10.7. The van der Waals surface area contributed by atoms with Gasteiger partial charge in [0.2, 0.25) is 0 Å². The predicted octanol–water partition coefficient (Wildman–Crippen LogP) is 2.14. The summed E-state index contributed by atoms with van der Waals surface area (Å²) in [5.41, 5.74) is 1.20. The van der Waals surface area contributed by atoms with Crippen molar-refractivity contribution in [3.05, 3.63) is 29.8 Å². The van der Waals surface area contributed by atoms with Crippen molar-refractivity contribution in [1.29, 1.82) is 0 Å². The second-order valence-electron chi connectivity index (χ2n) is 4.65. The molecule has 4 heteroatoms. The van der Waals surface area contributed by atoms with Gasteiger partial charge in [-0.1, -0.05) is 32.0 Å². The lowest BCUT2D eigenvalue weighted by atomic mass is 10.2. The summed E-state index contributed by atoms with van der Waals surface area (Å²) >= 11 is 0. The van der Waals surface area contributed by atoms with Crippen LogP contribution in [0.3, 0.4) is 0 Å². The quantitative estimate of drug-likeness (QED) is 0.630. The molecule has 0 radical (unpaired) electrons. The van der Waals surface area contributed by atoms with E-state index in [1.807, 2.05) is 18.2 Å². The molecule has 0 aliphatic heterocycles. The lowest BCUT2D eigenvalue weighted by Crippen LogP contribution is -2.31. The van der Waals surface area contributed by atoms with Gasteiger partial charge in [0.1, 0.15) is 12.4 Å². The van der Waals surface area contributed by atoms with Crippen LogP contribution in [0.2, 0.25) is 0 Å². The zero-order valence-electron chi connectivity index (χ0n) is 13.0. The number of nitrogens with one attached hydrogen (secondary N) is 1. The van der Waals surface area contributed by atoms with Crippen molar-refractivity contribution in [2.45, 2.75) is 20.4 Å². The van der Waals surface area contributed by atoms with Crippen molar-refractivity contribution in [2.75, 3.05) is 46.5 Å². The Morgan fingerprint density at radius 1 is 1.10 bits per heavy atom. The van der Waals surface area contributed by atoms with Crippen molar-refractivity contribution in [2.24, 2.45) is 0 Å². The molecule has 1 rings (SSSR count). The van der Waals surface area contributed by atoms with Crippen molar-refractivity contribution >= 4 is 0 Å². The average Bonchev–Trinajstić information content (AvgIpc) is 2.49. The maximum atomic E-state index is 5.72. The summed E-state index contributed by atoms with van der Waals surface area (Å²) in [6, 6.07) is 8.16. The first-order chi connectivity index (χ1) is 9.81. The Hall–Kier alpha value is -1.10. The summed E-state index contributed by atoms with van der Waals surface area (Å²) in [4.78, 5) is 2.41. The summed E-state index contributed by atoms with van der Waals surface area (Å²) in [5, 5.41) is 3.48. The molecule has 114 valence electrons. The predicted molar refractivity (Wildman–Crippen MR) is 83.3 cm³/mol. The van der Waals surface area contributed by atoms with Crippen LogP contribution >= 0.6 is 0 Å². The minimum absolute atomic E-state index is 0.590. The van der Waals surface area contributed by atoms with E-state index in [0.717, 1.165) is 38.5 Å². The molecule has 0 atom stereocenters. The number of ether oxygens (including phenoxy) is 2. The van der Waals surface area contributed by atoms with Crippen LogP contribution in [0.15, 0.2) is 24.3 Å². The number of likely N-dealkylation sites (N-methyl/N-ethyl adjacent to an activating group) is 1. The van der Waals surface area contributed by atoms with Gasteiger partial charge in [-0.3, -0.25) is 0 Å². The van der Waals surface area contributed by atoms with E-state index in [2.05, 4.69) is 30.1 Å².